The third-order valence-corrected chi connectivity index (χ3v) is 2.08. The third kappa shape index (κ3) is 4.83. The number of carbonyl (C=O) groups is 3. The van der Waals surface area contributed by atoms with Gasteiger partial charge in [-0.25, -0.2) is 4.79 Å². The van der Waals surface area contributed by atoms with Crippen molar-refractivity contribution in [1.29, 1.82) is 0 Å². The summed E-state index contributed by atoms with van der Waals surface area (Å²) in [5.41, 5.74) is -0.630. The molecule has 0 aromatic heterocycles. The molecule has 18 heavy (non-hydrogen) atoms. The van der Waals surface area contributed by atoms with E-state index in [0.29, 0.717) is 0 Å². The second-order valence-corrected chi connectivity index (χ2v) is 5.14. The van der Waals surface area contributed by atoms with E-state index < -0.39 is 35.7 Å². The van der Waals surface area contributed by atoms with Crippen molar-refractivity contribution in [3.8, 4) is 0 Å². The summed E-state index contributed by atoms with van der Waals surface area (Å²) in [5, 5.41) is 0. The minimum absolute atomic E-state index is 0.164. The molecule has 2 unspecified atom stereocenters. The molecule has 0 N–H and O–H groups in total. The lowest BCUT2D eigenvalue weighted by atomic mass is 10.1. The zero-order chi connectivity index (χ0) is 13.9. The van der Waals surface area contributed by atoms with Gasteiger partial charge in [0.05, 0.1) is 0 Å². The van der Waals surface area contributed by atoms with Crippen LogP contribution in [0.15, 0.2) is 0 Å². The Morgan fingerprint density at radius 1 is 1.33 bits per heavy atom. The summed E-state index contributed by atoms with van der Waals surface area (Å²) < 4.78 is 14.8. The fraction of sp³-hybridized carbons (Fsp3) is 0.750. The molecule has 0 aromatic carbocycles. The lowest BCUT2D eigenvalue weighted by Crippen LogP contribution is -2.27. The number of hydrogen-bond donors (Lipinski definition) is 0. The van der Waals surface area contributed by atoms with Crippen LogP contribution in [0.2, 0.25) is 0 Å². The highest BCUT2D eigenvalue weighted by Gasteiger charge is 2.34. The van der Waals surface area contributed by atoms with E-state index in [1.165, 1.54) is 0 Å². The maximum atomic E-state index is 11.6. The number of carbonyl (C=O) groups excluding carboxylic acids is 3. The molecule has 1 rings (SSSR count). The standard InChI is InChI=1S/C12H18O6/c1-7-16-9(11(15)17-7)5-8(13)6-10(14)18-12(2,3)4/h7,9H,5-6H2,1-4H3. The Bertz CT molecular complexity index is 354. The largest absolute Gasteiger partial charge is 0.460 e. The molecule has 6 nitrogen and oxygen atoms in total. The number of rotatable bonds is 4. The van der Waals surface area contributed by atoms with Gasteiger partial charge >= 0.3 is 11.9 Å². The summed E-state index contributed by atoms with van der Waals surface area (Å²) >= 11 is 0. The van der Waals surface area contributed by atoms with Gasteiger partial charge in [0, 0.05) is 6.42 Å². The van der Waals surface area contributed by atoms with Crippen molar-refractivity contribution in [2.24, 2.45) is 0 Å². The number of cyclic esters (lactones) is 1. The van der Waals surface area contributed by atoms with Crippen LogP contribution in [0.3, 0.4) is 0 Å². The smallest absolute Gasteiger partial charge is 0.338 e. The minimum Gasteiger partial charge on any atom is -0.460 e. The molecule has 1 heterocycles. The van der Waals surface area contributed by atoms with E-state index in [9.17, 15) is 14.4 Å². The van der Waals surface area contributed by atoms with Crippen molar-refractivity contribution in [2.45, 2.75) is 58.5 Å². The second-order valence-electron chi connectivity index (χ2n) is 5.14. The Kier molecular flexibility index (Phi) is 4.45. The monoisotopic (exact) mass is 258 g/mol. The van der Waals surface area contributed by atoms with E-state index in [2.05, 4.69) is 0 Å². The highest BCUT2D eigenvalue weighted by atomic mass is 16.7. The third-order valence-electron chi connectivity index (χ3n) is 2.08. The molecule has 2 atom stereocenters. The van der Waals surface area contributed by atoms with Crippen LogP contribution >= 0.6 is 0 Å². The van der Waals surface area contributed by atoms with Gasteiger partial charge in [0.1, 0.15) is 17.8 Å². The average molecular weight is 258 g/mol. The van der Waals surface area contributed by atoms with Gasteiger partial charge in [-0.15, -0.1) is 0 Å². The molecular formula is C12H18O6. The predicted octanol–water partition coefficient (Wildman–Crippen LogP) is 0.965. The number of Topliss-reactive ketones (excluding diaryl/α,β-unsaturated/α-hetero) is 1. The Hall–Kier alpha value is -1.43. The summed E-state index contributed by atoms with van der Waals surface area (Å²) in [6.45, 7) is 6.72. The molecule has 1 saturated heterocycles. The van der Waals surface area contributed by atoms with Crippen molar-refractivity contribution < 1.29 is 28.6 Å². The molecule has 0 aromatic rings. The van der Waals surface area contributed by atoms with Crippen LogP contribution in [0.4, 0.5) is 0 Å². The van der Waals surface area contributed by atoms with Crippen LogP contribution in [-0.2, 0) is 28.6 Å². The topological polar surface area (TPSA) is 78.9 Å². The second kappa shape index (κ2) is 5.48. The molecule has 6 heteroatoms. The first-order valence-electron chi connectivity index (χ1n) is 5.77. The molecule has 0 amide bonds. The van der Waals surface area contributed by atoms with Gasteiger partial charge in [-0.3, -0.25) is 9.59 Å². The molecule has 1 aliphatic rings. The van der Waals surface area contributed by atoms with Crippen molar-refractivity contribution in [3.63, 3.8) is 0 Å². The van der Waals surface area contributed by atoms with E-state index in [4.69, 9.17) is 14.2 Å². The number of ketones is 1. The SMILES string of the molecule is CC1OC(=O)C(CC(=O)CC(=O)OC(C)(C)C)O1. The van der Waals surface area contributed by atoms with Crippen LogP contribution in [-0.4, -0.2) is 35.7 Å². The molecule has 102 valence electrons. The minimum atomic E-state index is -0.907. The maximum absolute atomic E-state index is 11.6. The maximum Gasteiger partial charge on any atom is 0.338 e. The van der Waals surface area contributed by atoms with Crippen molar-refractivity contribution in [1.82, 2.24) is 0 Å². The number of hydrogen-bond acceptors (Lipinski definition) is 6. The van der Waals surface area contributed by atoms with Crippen LogP contribution in [0.25, 0.3) is 0 Å². The van der Waals surface area contributed by atoms with E-state index in [1.807, 2.05) is 0 Å². The van der Waals surface area contributed by atoms with Crippen LogP contribution in [0.1, 0.15) is 40.5 Å². The summed E-state index contributed by atoms with van der Waals surface area (Å²) in [6, 6.07) is 0. The zero-order valence-electron chi connectivity index (χ0n) is 11.0. The Morgan fingerprint density at radius 2 is 1.94 bits per heavy atom. The Morgan fingerprint density at radius 3 is 2.39 bits per heavy atom. The van der Waals surface area contributed by atoms with Crippen molar-refractivity contribution >= 4 is 17.7 Å². The number of ether oxygens (including phenoxy) is 3. The first-order chi connectivity index (χ1) is 8.17. The first-order valence-corrected chi connectivity index (χ1v) is 5.77. The summed E-state index contributed by atoms with van der Waals surface area (Å²) in [5.74, 6) is -1.58. The lowest BCUT2D eigenvalue weighted by molar-refractivity contribution is -0.156. The van der Waals surface area contributed by atoms with Crippen molar-refractivity contribution in [3.05, 3.63) is 0 Å². The zero-order valence-corrected chi connectivity index (χ0v) is 11.0. The van der Waals surface area contributed by atoms with Crippen LogP contribution < -0.4 is 0 Å². The van der Waals surface area contributed by atoms with Crippen LogP contribution in [0, 0.1) is 0 Å². The fourth-order valence-electron chi connectivity index (χ4n) is 1.50. The van der Waals surface area contributed by atoms with Gasteiger partial charge in [-0.1, -0.05) is 0 Å². The Balaban J connectivity index is 2.38. The summed E-state index contributed by atoms with van der Waals surface area (Å²) in [7, 11) is 0. The molecule has 0 bridgehead atoms. The molecule has 1 aliphatic heterocycles. The highest BCUT2D eigenvalue weighted by molar-refractivity contribution is 5.97. The number of esters is 2. The van der Waals surface area contributed by atoms with Gasteiger partial charge < -0.3 is 14.2 Å². The van der Waals surface area contributed by atoms with Gasteiger partial charge in [0.25, 0.3) is 0 Å². The molecule has 0 saturated carbocycles. The van der Waals surface area contributed by atoms with Gasteiger partial charge in [-0.2, -0.15) is 0 Å². The molecular weight excluding hydrogens is 240 g/mol. The molecule has 1 fully saturated rings. The van der Waals surface area contributed by atoms with E-state index in [-0.39, 0.29) is 12.8 Å². The van der Waals surface area contributed by atoms with E-state index in [1.54, 1.807) is 27.7 Å². The van der Waals surface area contributed by atoms with Gasteiger partial charge in [0.2, 0.25) is 6.29 Å². The average Bonchev–Trinajstić information content (AvgIpc) is 2.40. The highest BCUT2D eigenvalue weighted by Crippen LogP contribution is 2.17. The summed E-state index contributed by atoms with van der Waals surface area (Å²) in [6.07, 6.45) is -2.08. The van der Waals surface area contributed by atoms with E-state index in [0.717, 1.165) is 0 Å². The first kappa shape index (κ1) is 14.6. The molecule has 0 spiro atoms. The fourth-order valence-corrected chi connectivity index (χ4v) is 1.50. The van der Waals surface area contributed by atoms with Gasteiger partial charge in [0.15, 0.2) is 6.10 Å². The predicted molar refractivity (Wildman–Crippen MR) is 60.5 cm³/mol. The van der Waals surface area contributed by atoms with Crippen molar-refractivity contribution in [2.75, 3.05) is 0 Å². The normalized spacial score (nSPS) is 23.7. The molecule has 0 radical (unpaired) electrons. The van der Waals surface area contributed by atoms with Gasteiger partial charge in [-0.05, 0) is 27.7 Å². The quantitative estimate of drug-likeness (QED) is 0.552. The Labute approximate surface area is 106 Å². The molecule has 0 aliphatic carbocycles. The lowest BCUT2D eigenvalue weighted by Gasteiger charge is -2.19. The van der Waals surface area contributed by atoms with E-state index >= 15 is 0 Å². The van der Waals surface area contributed by atoms with Crippen LogP contribution in [0.5, 0.6) is 0 Å². The summed E-state index contributed by atoms with van der Waals surface area (Å²) in [4.78, 5) is 34.2.